The summed E-state index contributed by atoms with van der Waals surface area (Å²) in [5.41, 5.74) is 0.823. The van der Waals surface area contributed by atoms with Crippen LogP contribution in [-0.2, 0) is 11.3 Å². The highest BCUT2D eigenvalue weighted by atomic mass is 16.6. The van der Waals surface area contributed by atoms with Crippen LogP contribution in [0.1, 0.15) is 39.2 Å². The molecule has 2 aromatic carbocycles. The van der Waals surface area contributed by atoms with Gasteiger partial charge in [0.25, 0.3) is 0 Å². The minimum atomic E-state index is -0.442. The third kappa shape index (κ3) is 4.73. The molecule has 2 aromatic rings. The van der Waals surface area contributed by atoms with E-state index in [1.54, 1.807) is 0 Å². The first kappa shape index (κ1) is 17.7. The Bertz CT molecular complexity index is 736. The van der Waals surface area contributed by atoms with Crippen LogP contribution in [0.15, 0.2) is 42.5 Å². The van der Waals surface area contributed by atoms with E-state index in [2.05, 4.69) is 47.8 Å². The number of nitrogens with one attached hydrogen (secondary N) is 1. The van der Waals surface area contributed by atoms with Crippen molar-refractivity contribution in [2.45, 2.75) is 51.8 Å². The van der Waals surface area contributed by atoms with Crippen molar-refractivity contribution in [3.8, 4) is 0 Å². The Hall–Kier alpha value is -2.07. The second-order valence-corrected chi connectivity index (χ2v) is 7.78. The monoisotopic (exact) mass is 340 g/mol. The Kier molecular flexibility index (Phi) is 5.28. The van der Waals surface area contributed by atoms with Crippen molar-refractivity contribution < 1.29 is 9.53 Å². The SMILES string of the molecule is CC(C)(C)OC(=O)N1CCC[C@@H]1CNCc1ccc2ccccc2c1. The summed E-state index contributed by atoms with van der Waals surface area (Å²) in [5, 5.41) is 6.03. The van der Waals surface area contributed by atoms with Crippen LogP contribution < -0.4 is 5.32 Å². The van der Waals surface area contributed by atoms with E-state index < -0.39 is 5.60 Å². The molecular formula is C21H28N2O2. The van der Waals surface area contributed by atoms with E-state index in [-0.39, 0.29) is 12.1 Å². The number of likely N-dealkylation sites (tertiary alicyclic amines) is 1. The molecule has 1 aliphatic rings. The Labute approximate surface area is 150 Å². The molecule has 0 bridgehead atoms. The van der Waals surface area contributed by atoms with Crippen molar-refractivity contribution in [1.82, 2.24) is 10.2 Å². The number of carbonyl (C=O) groups is 1. The van der Waals surface area contributed by atoms with Gasteiger partial charge in [0.1, 0.15) is 5.60 Å². The van der Waals surface area contributed by atoms with Crippen LogP contribution in [0.3, 0.4) is 0 Å². The Morgan fingerprint density at radius 2 is 1.96 bits per heavy atom. The molecule has 1 fully saturated rings. The number of ether oxygens (including phenoxy) is 1. The minimum absolute atomic E-state index is 0.192. The molecule has 0 aliphatic carbocycles. The topological polar surface area (TPSA) is 41.6 Å². The molecule has 134 valence electrons. The van der Waals surface area contributed by atoms with Gasteiger partial charge in [-0.1, -0.05) is 36.4 Å². The number of fused-ring (bicyclic) bond motifs is 1. The van der Waals surface area contributed by atoms with Gasteiger partial charge in [-0.05, 0) is 56.0 Å². The average molecular weight is 340 g/mol. The molecule has 3 rings (SSSR count). The molecule has 0 unspecified atom stereocenters. The summed E-state index contributed by atoms with van der Waals surface area (Å²) in [6, 6.07) is 15.2. The summed E-state index contributed by atoms with van der Waals surface area (Å²) in [5.74, 6) is 0. The largest absolute Gasteiger partial charge is 0.444 e. The highest BCUT2D eigenvalue weighted by Crippen LogP contribution is 2.21. The van der Waals surface area contributed by atoms with Gasteiger partial charge in [-0.3, -0.25) is 0 Å². The van der Waals surface area contributed by atoms with E-state index in [1.165, 1.54) is 16.3 Å². The second-order valence-electron chi connectivity index (χ2n) is 7.78. The number of nitrogens with zero attached hydrogens (tertiary/aromatic N) is 1. The summed E-state index contributed by atoms with van der Waals surface area (Å²) in [6.07, 6.45) is 1.88. The molecular weight excluding hydrogens is 312 g/mol. The Balaban J connectivity index is 1.54. The van der Waals surface area contributed by atoms with Crippen LogP contribution in [0, 0.1) is 0 Å². The van der Waals surface area contributed by atoms with Crippen LogP contribution in [0.5, 0.6) is 0 Å². The van der Waals surface area contributed by atoms with Crippen molar-refractivity contribution >= 4 is 16.9 Å². The molecule has 25 heavy (non-hydrogen) atoms. The molecule has 4 heteroatoms. The van der Waals surface area contributed by atoms with Gasteiger partial charge < -0.3 is 15.0 Å². The summed E-state index contributed by atoms with van der Waals surface area (Å²) < 4.78 is 5.52. The smallest absolute Gasteiger partial charge is 0.410 e. The van der Waals surface area contributed by atoms with Crippen molar-refractivity contribution in [2.24, 2.45) is 0 Å². The zero-order valence-corrected chi connectivity index (χ0v) is 15.4. The van der Waals surface area contributed by atoms with Gasteiger partial charge in [-0.2, -0.15) is 0 Å². The van der Waals surface area contributed by atoms with Crippen molar-refractivity contribution in [2.75, 3.05) is 13.1 Å². The van der Waals surface area contributed by atoms with E-state index in [0.29, 0.717) is 0 Å². The number of rotatable bonds is 4. The predicted molar refractivity (Wildman–Crippen MR) is 102 cm³/mol. The molecule has 0 radical (unpaired) electrons. The van der Waals surface area contributed by atoms with Gasteiger partial charge >= 0.3 is 6.09 Å². The lowest BCUT2D eigenvalue weighted by atomic mass is 10.1. The highest BCUT2D eigenvalue weighted by molar-refractivity contribution is 5.82. The van der Waals surface area contributed by atoms with E-state index in [1.807, 2.05) is 25.7 Å². The van der Waals surface area contributed by atoms with Gasteiger partial charge in [0.05, 0.1) is 0 Å². The van der Waals surface area contributed by atoms with E-state index in [0.717, 1.165) is 32.5 Å². The molecule has 0 aromatic heterocycles. The van der Waals surface area contributed by atoms with Crippen LogP contribution in [0.2, 0.25) is 0 Å². The van der Waals surface area contributed by atoms with Crippen molar-refractivity contribution in [3.63, 3.8) is 0 Å². The lowest BCUT2D eigenvalue weighted by molar-refractivity contribution is 0.0226. The number of benzene rings is 2. The standard InChI is InChI=1S/C21H28N2O2/c1-21(2,3)25-20(24)23-12-6-9-19(23)15-22-14-16-10-11-17-7-4-5-8-18(17)13-16/h4-5,7-8,10-11,13,19,22H,6,9,12,14-15H2,1-3H3/t19-/m1/s1. The summed E-state index contributed by atoms with van der Waals surface area (Å²) in [6.45, 7) is 8.13. The third-order valence-corrected chi connectivity index (χ3v) is 4.53. The first-order valence-corrected chi connectivity index (χ1v) is 9.10. The van der Waals surface area contributed by atoms with E-state index >= 15 is 0 Å². The van der Waals surface area contributed by atoms with Crippen LogP contribution >= 0.6 is 0 Å². The molecule has 1 aliphatic heterocycles. The zero-order chi connectivity index (χ0) is 17.9. The Morgan fingerprint density at radius 3 is 2.72 bits per heavy atom. The molecule has 1 saturated heterocycles. The number of hydrogen-bond donors (Lipinski definition) is 1. The third-order valence-electron chi connectivity index (χ3n) is 4.53. The number of hydrogen-bond acceptors (Lipinski definition) is 3. The van der Waals surface area contributed by atoms with Gasteiger partial charge in [0, 0.05) is 25.7 Å². The van der Waals surface area contributed by atoms with Crippen LogP contribution in [0.4, 0.5) is 4.79 Å². The molecule has 0 saturated carbocycles. The summed E-state index contributed by atoms with van der Waals surface area (Å²) in [4.78, 5) is 14.2. The van der Waals surface area contributed by atoms with Gasteiger partial charge in [-0.15, -0.1) is 0 Å². The lowest BCUT2D eigenvalue weighted by Gasteiger charge is -2.28. The first-order valence-electron chi connectivity index (χ1n) is 9.10. The zero-order valence-electron chi connectivity index (χ0n) is 15.4. The maximum Gasteiger partial charge on any atom is 0.410 e. The molecule has 1 amide bonds. The summed E-state index contributed by atoms with van der Waals surface area (Å²) in [7, 11) is 0. The number of amides is 1. The maximum absolute atomic E-state index is 12.3. The molecule has 4 nitrogen and oxygen atoms in total. The van der Waals surface area contributed by atoms with Crippen molar-refractivity contribution in [3.05, 3.63) is 48.0 Å². The quantitative estimate of drug-likeness (QED) is 0.901. The van der Waals surface area contributed by atoms with E-state index in [9.17, 15) is 4.79 Å². The number of carbonyl (C=O) groups excluding carboxylic acids is 1. The van der Waals surface area contributed by atoms with Crippen LogP contribution in [-0.4, -0.2) is 35.7 Å². The minimum Gasteiger partial charge on any atom is -0.444 e. The fourth-order valence-electron chi connectivity index (χ4n) is 3.34. The van der Waals surface area contributed by atoms with E-state index in [4.69, 9.17) is 4.74 Å². The first-order chi connectivity index (χ1) is 11.9. The molecule has 1 atom stereocenters. The normalized spacial score (nSPS) is 17.9. The fourth-order valence-corrected chi connectivity index (χ4v) is 3.34. The predicted octanol–water partition coefficient (Wildman–Crippen LogP) is 4.33. The van der Waals surface area contributed by atoms with Gasteiger partial charge in [-0.25, -0.2) is 4.79 Å². The van der Waals surface area contributed by atoms with Gasteiger partial charge in [0.15, 0.2) is 0 Å². The van der Waals surface area contributed by atoms with Gasteiger partial charge in [0.2, 0.25) is 0 Å². The lowest BCUT2D eigenvalue weighted by Crippen LogP contribution is -2.44. The highest BCUT2D eigenvalue weighted by Gasteiger charge is 2.31. The second kappa shape index (κ2) is 7.44. The molecule has 1 heterocycles. The molecule has 0 spiro atoms. The van der Waals surface area contributed by atoms with Crippen molar-refractivity contribution in [1.29, 1.82) is 0 Å². The maximum atomic E-state index is 12.3. The fraction of sp³-hybridized carbons (Fsp3) is 0.476. The summed E-state index contributed by atoms with van der Waals surface area (Å²) >= 11 is 0. The molecule has 1 N–H and O–H groups in total. The average Bonchev–Trinajstić information content (AvgIpc) is 3.02. The van der Waals surface area contributed by atoms with Crippen LogP contribution in [0.25, 0.3) is 10.8 Å². The Morgan fingerprint density at radius 1 is 1.20 bits per heavy atom.